The Balaban J connectivity index is 2.58. The van der Waals surface area contributed by atoms with Crippen molar-refractivity contribution in [2.75, 3.05) is 5.32 Å². The molecule has 0 aromatic heterocycles. The predicted molar refractivity (Wildman–Crippen MR) is 54.2 cm³/mol. The van der Waals surface area contributed by atoms with Crippen molar-refractivity contribution in [1.29, 1.82) is 0 Å². The summed E-state index contributed by atoms with van der Waals surface area (Å²) in [6.07, 6.45) is 0. The number of rotatable bonds is 2. The molecule has 0 radical (unpaired) electrons. The molecule has 76 valence electrons. The van der Waals surface area contributed by atoms with Crippen molar-refractivity contribution in [2.24, 2.45) is 0 Å². The van der Waals surface area contributed by atoms with Crippen molar-refractivity contribution in [3.8, 4) is 0 Å². The predicted octanol–water partition coefficient (Wildman–Crippen LogP) is 2.32. The normalized spacial score (nSPS) is 10.0. The number of urea groups is 1. The van der Waals surface area contributed by atoms with E-state index < -0.39 is 6.03 Å². The summed E-state index contributed by atoms with van der Waals surface area (Å²) in [5, 5.41) is 12.5. The van der Waals surface area contributed by atoms with E-state index in [0.717, 1.165) is 0 Å². The molecule has 0 aliphatic heterocycles. The minimum absolute atomic E-state index is 0.237. The highest BCUT2D eigenvalue weighted by Crippen LogP contribution is 2.06. The molecule has 0 saturated carbocycles. The van der Waals surface area contributed by atoms with Gasteiger partial charge in [-0.3, -0.25) is 5.21 Å². The molecular formula is C10H14N2O2. The summed E-state index contributed by atoms with van der Waals surface area (Å²) in [7, 11) is 0. The zero-order valence-corrected chi connectivity index (χ0v) is 8.27. The fraction of sp³-hybridized carbons (Fsp3) is 0.300. The van der Waals surface area contributed by atoms with Crippen molar-refractivity contribution in [3.63, 3.8) is 0 Å². The van der Waals surface area contributed by atoms with E-state index in [1.165, 1.54) is 0 Å². The van der Waals surface area contributed by atoms with Crippen molar-refractivity contribution < 1.29 is 10.0 Å². The first kappa shape index (κ1) is 10.5. The smallest absolute Gasteiger partial charge is 0.306 e. The van der Waals surface area contributed by atoms with Gasteiger partial charge in [-0.1, -0.05) is 18.2 Å². The molecule has 1 rings (SSSR count). The maximum absolute atomic E-state index is 11.3. The number of para-hydroxylation sites is 1. The van der Waals surface area contributed by atoms with E-state index in [1.54, 1.807) is 26.0 Å². The average Bonchev–Trinajstić information content (AvgIpc) is 2.18. The molecule has 1 aromatic rings. The van der Waals surface area contributed by atoms with E-state index in [-0.39, 0.29) is 6.04 Å². The van der Waals surface area contributed by atoms with Crippen LogP contribution in [0.4, 0.5) is 10.5 Å². The van der Waals surface area contributed by atoms with Crippen LogP contribution in [0.2, 0.25) is 0 Å². The Morgan fingerprint density at radius 2 is 1.93 bits per heavy atom. The quantitative estimate of drug-likeness (QED) is 0.560. The van der Waals surface area contributed by atoms with Gasteiger partial charge in [0.05, 0.1) is 6.04 Å². The Kier molecular flexibility index (Phi) is 3.48. The van der Waals surface area contributed by atoms with Crippen LogP contribution in [0.15, 0.2) is 30.3 Å². The molecule has 0 spiro atoms. The molecule has 0 unspecified atom stereocenters. The summed E-state index contributed by atoms with van der Waals surface area (Å²) >= 11 is 0. The summed E-state index contributed by atoms with van der Waals surface area (Å²) in [6, 6.07) is 8.23. The fourth-order valence-electron chi connectivity index (χ4n) is 0.937. The third kappa shape index (κ3) is 2.74. The van der Waals surface area contributed by atoms with Gasteiger partial charge in [0.25, 0.3) is 0 Å². The van der Waals surface area contributed by atoms with E-state index >= 15 is 0 Å². The van der Waals surface area contributed by atoms with Crippen LogP contribution in [-0.4, -0.2) is 22.3 Å². The summed E-state index contributed by atoms with van der Waals surface area (Å²) in [5.41, 5.74) is 0.664. The largest absolute Gasteiger partial charge is 0.345 e. The van der Waals surface area contributed by atoms with E-state index in [1.807, 2.05) is 18.2 Å². The summed E-state index contributed by atoms with van der Waals surface area (Å²) in [4.78, 5) is 11.3. The van der Waals surface area contributed by atoms with E-state index in [9.17, 15) is 10.0 Å². The van der Waals surface area contributed by atoms with Crippen LogP contribution >= 0.6 is 0 Å². The van der Waals surface area contributed by atoms with Crippen LogP contribution in [0.3, 0.4) is 0 Å². The second-order valence-corrected chi connectivity index (χ2v) is 3.23. The molecule has 0 heterocycles. The number of nitrogens with one attached hydrogen (secondary N) is 1. The van der Waals surface area contributed by atoms with Crippen LogP contribution in [-0.2, 0) is 0 Å². The van der Waals surface area contributed by atoms with Crippen LogP contribution in [0, 0.1) is 0 Å². The molecule has 14 heavy (non-hydrogen) atoms. The SMILES string of the molecule is CC(C)N(O)C(=O)Nc1ccccc1. The second-order valence-electron chi connectivity index (χ2n) is 3.23. The van der Waals surface area contributed by atoms with Crippen LogP contribution in [0.5, 0.6) is 0 Å². The number of anilines is 1. The maximum Gasteiger partial charge on any atom is 0.345 e. The second kappa shape index (κ2) is 4.62. The Morgan fingerprint density at radius 1 is 1.36 bits per heavy atom. The van der Waals surface area contributed by atoms with E-state index in [2.05, 4.69) is 5.32 Å². The molecule has 0 aliphatic carbocycles. The Bertz CT molecular complexity index is 298. The van der Waals surface area contributed by atoms with Gasteiger partial charge in [-0.05, 0) is 26.0 Å². The molecular weight excluding hydrogens is 180 g/mol. The van der Waals surface area contributed by atoms with Gasteiger partial charge in [0.2, 0.25) is 0 Å². The Morgan fingerprint density at radius 3 is 2.43 bits per heavy atom. The third-order valence-electron chi connectivity index (χ3n) is 1.72. The zero-order chi connectivity index (χ0) is 10.6. The lowest BCUT2D eigenvalue weighted by atomic mass is 10.3. The van der Waals surface area contributed by atoms with Gasteiger partial charge in [0, 0.05) is 5.69 Å². The minimum Gasteiger partial charge on any atom is -0.306 e. The average molecular weight is 194 g/mol. The van der Waals surface area contributed by atoms with Gasteiger partial charge >= 0.3 is 6.03 Å². The third-order valence-corrected chi connectivity index (χ3v) is 1.72. The summed E-state index contributed by atoms with van der Waals surface area (Å²) in [5.74, 6) is 0. The molecule has 0 bridgehead atoms. The number of hydrogen-bond acceptors (Lipinski definition) is 2. The number of amides is 2. The topological polar surface area (TPSA) is 52.6 Å². The number of carbonyl (C=O) groups excluding carboxylic acids is 1. The molecule has 2 N–H and O–H groups in total. The first-order valence-corrected chi connectivity index (χ1v) is 4.45. The lowest BCUT2D eigenvalue weighted by Crippen LogP contribution is -2.37. The number of hydrogen-bond donors (Lipinski definition) is 2. The number of nitrogens with zero attached hydrogens (tertiary/aromatic N) is 1. The Hall–Kier alpha value is -1.55. The first-order valence-electron chi connectivity index (χ1n) is 4.45. The van der Waals surface area contributed by atoms with Crippen molar-refractivity contribution >= 4 is 11.7 Å². The molecule has 2 amide bonds. The molecule has 1 aromatic carbocycles. The zero-order valence-electron chi connectivity index (χ0n) is 8.27. The van der Waals surface area contributed by atoms with Gasteiger partial charge in [0.1, 0.15) is 0 Å². The molecule has 4 heteroatoms. The Labute approximate surface area is 83.1 Å². The number of carbonyl (C=O) groups is 1. The fourth-order valence-corrected chi connectivity index (χ4v) is 0.937. The van der Waals surface area contributed by atoms with Gasteiger partial charge in [0.15, 0.2) is 0 Å². The van der Waals surface area contributed by atoms with Crippen LogP contribution in [0.1, 0.15) is 13.8 Å². The van der Waals surface area contributed by atoms with Gasteiger partial charge in [-0.25, -0.2) is 9.86 Å². The van der Waals surface area contributed by atoms with E-state index in [0.29, 0.717) is 10.8 Å². The number of benzene rings is 1. The first-order chi connectivity index (χ1) is 6.61. The van der Waals surface area contributed by atoms with Crippen molar-refractivity contribution in [3.05, 3.63) is 30.3 Å². The lowest BCUT2D eigenvalue weighted by molar-refractivity contribution is -0.0622. The van der Waals surface area contributed by atoms with Crippen LogP contribution in [0.25, 0.3) is 0 Å². The maximum atomic E-state index is 11.3. The van der Waals surface area contributed by atoms with E-state index in [4.69, 9.17) is 0 Å². The van der Waals surface area contributed by atoms with Crippen molar-refractivity contribution in [1.82, 2.24) is 5.06 Å². The van der Waals surface area contributed by atoms with Gasteiger partial charge < -0.3 is 5.32 Å². The minimum atomic E-state index is -0.522. The van der Waals surface area contributed by atoms with Crippen molar-refractivity contribution in [2.45, 2.75) is 19.9 Å². The number of hydroxylamine groups is 2. The molecule has 0 atom stereocenters. The summed E-state index contributed by atoms with van der Waals surface area (Å²) < 4.78 is 0. The molecule has 0 saturated heterocycles. The highest BCUT2D eigenvalue weighted by molar-refractivity contribution is 5.88. The molecule has 4 nitrogen and oxygen atoms in total. The highest BCUT2D eigenvalue weighted by Gasteiger charge is 2.13. The highest BCUT2D eigenvalue weighted by atomic mass is 16.5. The van der Waals surface area contributed by atoms with Gasteiger partial charge in [-0.2, -0.15) is 0 Å². The lowest BCUT2D eigenvalue weighted by Gasteiger charge is -2.19. The van der Waals surface area contributed by atoms with Crippen LogP contribution < -0.4 is 5.32 Å². The molecule has 0 aliphatic rings. The standard InChI is InChI=1S/C10H14N2O2/c1-8(2)12(14)10(13)11-9-6-4-3-5-7-9/h3-8,14H,1-2H3,(H,11,13). The van der Waals surface area contributed by atoms with Gasteiger partial charge in [-0.15, -0.1) is 0 Å². The monoisotopic (exact) mass is 194 g/mol. The molecule has 0 fully saturated rings. The summed E-state index contributed by atoms with van der Waals surface area (Å²) in [6.45, 7) is 3.45.